The van der Waals surface area contributed by atoms with Gasteiger partial charge in [0.2, 0.25) is 0 Å². The van der Waals surface area contributed by atoms with Crippen LogP contribution in [-0.2, 0) is 0 Å². The van der Waals surface area contributed by atoms with Gasteiger partial charge in [0.15, 0.2) is 0 Å². The second-order valence-corrected chi connectivity index (χ2v) is 6.31. The summed E-state index contributed by atoms with van der Waals surface area (Å²) < 4.78 is 0. The maximum Gasteiger partial charge on any atom is 0.255 e. The van der Waals surface area contributed by atoms with Gasteiger partial charge in [0.1, 0.15) is 0 Å². The minimum absolute atomic E-state index is 0. The molecule has 0 aliphatic carbocycles. The van der Waals surface area contributed by atoms with Gasteiger partial charge in [-0.05, 0) is 44.0 Å². The quantitative estimate of drug-likeness (QED) is 0.824. The van der Waals surface area contributed by atoms with Gasteiger partial charge in [-0.3, -0.25) is 9.78 Å². The van der Waals surface area contributed by atoms with Crippen LogP contribution in [0.15, 0.2) is 48.8 Å². The first-order valence-electron chi connectivity index (χ1n) is 8.81. The molecule has 26 heavy (non-hydrogen) atoms. The van der Waals surface area contributed by atoms with Gasteiger partial charge < -0.3 is 10.2 Å². The van der Waals surface area contributed by atoms with E-state index in [2.05, 4.69) is 17.2 Å². The standard InChI is InChI=1S/C20H25N3O.2ClH/c1-2-12-23(19-8-10-21-11-9-19)20(24)18-13-17(14-22-15-18)16-6-4-3-5-7-16;;/h3-7,13-15,19,21H,2,8-12H2,1H3;2*1H. The molecular weight excluding hydrogens is 369 g/mol. The summed E-state index contributed by atoms with van der Waals surface area (Å²) in [4.78, 5) is 19.4. The molecule has 0 unspecified atom stereocenters. The number of aromatic nitrogens is 1. The zero-order valence-electron chi connectivity index (χ0n) is 15.1. The van der Waals surface area contributed by atoms with Crippen molar-refractivity contribution >= 4 is 30.7 Å². The number of piperidine rings is 1. The molecule has 3 rings (SSSR count). The van der Waals surface area contributed by atoms with E-state index in [9.17, 15) is 4.79 Å². The Hall–Kier alpha value is -1.62. The van der Waals surface area contributed by atoms with Crippen LogP contribution in [0.2, 0.25) is 0 Å². The van der Waals surface area contributed by atoms with E-state index in [-0.39, 0.29) is 30.7 Å². The highest BCUT2D eigenvalue weighted by Gasteiger charge is 2.25. The summed E-state index contributed by atoms with van der Waals surface area (Å²) in [5, 5.41) is 3.37. The van der Waals surface area contributed by atoms with Crippen molar-refractivity contribution < 1.29 is 4.79 Å². The van der Waals surface area contributed by atoms with Crippen molar-refractivity contribution in [3.05, 3.63) is 54.4 Å². The van der Waals surface area contributed by atoms with Crippen LogP contribution >= 0.6 is 24.8 Å². The summed E-state index contributed by atoms with van der Waals surface area (Å²) in [6.07, 6.45) is 6.54. The lowest BCUT2D eigenvalue weighted by Gasteiger charge is -2.34. The van der Waals surface area contributed by atoms with Crippen LogP contribution in [0.25, 0.3) is 11.1 Å². The van der Waals surface area contributed by atoms with E-state index in [1.165, 1.54) is 0 Å². The lowest BCUT2D eigenvalue weighted by Crippen LogP contribution is -2.46. The number of halogens is 2. The van der Waals surface area contributed by atoms with E-state index in [4.69, 9.17) is 0 Å². The van der Waals surface area contributed by atoms with Gasteiger partial charge in [0.05, 0.1) is 5.56 Å². The second kappa shape index (κ2) is 11.2. The number of hydrogen-bond donors (Lipinski definition) is 1. The van der Waals surface area contributed by atoms with Crippen LogP contribution in [0.1, 0.15) is 36.5 Å². The van der Waals surface area contributed by atoms with E-state index >= 15 is 0 Å². The molecule has 4 nitrogen and oxygen atoms in total. The SMILES string of the molecule is CCCN(C(=O)c1cncc(-c2ccccc2)c1)C1CCNCC1.Cl.Cl. The molecule has 1 aromatic carbocycles. The van der Waals surface area contributed by atoms with Gasteiger partial charge in [0.25, 0.3) is 5.91 Å². The van der Waals surface area contributed by atoms with Crippen LogP contribution in [0.5, 0.6) is 0 Å². The summed E-state index contributed by atoms with van der Waals surface area (Å²) in [6.45, 7) is 4.90. The fourth-order valence-corrected chi connectivity index (χ4v) is 3.32. The van der Waals surface area contributed by atoms with Gasteiger partial charge in [-0.25, -0.2) is 0 Å². The van der Waals surface area contributed by atoms with Crippen molar-refractivity contribution in [1.82, 2.24) is 15.2 Å². The van der Waals surface area contributed by atoms with Crippen LogP contribution in [0.3, 0.4) is 0 Å². The number of hydrogen-bond acceptors (Lipinski definition) is 3. The van der Waals surface area contributed by atoms with Crippen molar-refractivity contribution in [1.29, 1.82) is 0 Å². The molecule has 1 saturated heterocycles. The maximum atomic E-state index is 13.1. The lowest BCUT2D eigenvalue weighted by molar-refractivity contribution is 0.0642. The Morgan fingerprint density at radius 1 is 1.12 bits per heavy atom. The zero-order valence-corrected chi connectivity index (χ0v) is 16.7. The Morgan fingerprint density at radius 3 is 2.46 bits per heavy atom. The average molecular weight is 396 g/mol. The molecule has 1 aromatic heterocycles. The molecule has 1 aliphatic rings. The molecule has 1 N–H and O–H groups in total. The molecule has 2 heterocycles. The van der Waals surface area contributed by atoms with Gasteiger partial charge in [-0.15, -0.1) is 24.8 Å². The minimum Gasteiger partial charge on any atom is -0.336 e. The van der Waals surface area contributed by atoms with Crippen LogP contribution < -0.4 is 5.32 Å². The number of carbonyl (C=O) groups is 1. The topological polar surface area (TPSA) is 45.2 Å². The van der Waals surface area contributed by atoms with E-state index < -0.39 is 0 Å². The van der Waals surface area contributed by atoms with Crippen molar-refractivity contribution in [2.45, 2.75) is 32.2 Å². The first kappa shape index (κ1) is 22.4. The number of nitrogens with zero attached hydrogens (tertiary/aromatic N) is 2. The fraction of sp³-hybridized carbons (Fsp3) is 0.400. The summed E-state index contributed by atoms with van der Waals surface area (Å²) in [5.74, 6) is 0.106. The molecule has 0 radical (unpaired) electrons. The largest absolute Gasteiger partial charge is 0.336 e. The summed E-state index contributed by atoms with van der Waals surface area (Å²) in [7, 11) is 0. The normalized spacial score (nSPS) is 14.0. The van der Waals surface area contributed by atoms with E-state index in [0.29, 0.717) is 11.6 Å². The number of pyridine rings is 1. The number of rotatable bonds is 5. The third kappa shape index (κ3) is 5.44. The molecule has 2 aromatic rings. The predicted molar refractivity (Wildman–Crippen MR) is 111 cm³/mol. The van der Waals surface area contributed by atoms with E-state index in [1.54, 1.807) is 6.20 Å². The third-order valence-electron chi connectivity index (χ3n) is 4.57. The summed E-state index contributed by atoms with van der Waals surface area (Å²) in [6, 6.07) is 12.4. The van der Waals surface area contributed by atoms with Gasteiger partial charge in [-0.2, -0.15) is 0 Å². The zero-order chi connectivity index (χ0) is 16.8. The Labute approximate surface area is 168 Å². The van der Waals surface area contributed by atoms with E-state index in [1.807, 2.05) is 47.5 Å². The highest BCUT2D eigenvalue weighted by atomic mass is 35.5. The number of carbonyl (C=O) groups excluding carboxylic acids is 1. The first-order valence-corrected chi connectivity index (χ1v) is 8.81. The summed E-state index contributed by atoms with van der Waals surface area (Å²) in [5.41, 5.74) is 2.76. The average Bonchev–Trinajstić information content (AvgIpc) is 2.67. The van der Waals surface area contributed by atoms with Crippen molar-refractivity contribution in [2.24, 2.45) is 0 Å². The molecule has 0 spiro atoms. The van der Waals surface area contributed by atoms with Gasteiger partial charge in [-0.1, -0.05) is 37.3 Å². The van der Waals surface area contributed by atoms with Crippen LogP contribution in [-0.4, -0.2) is 41.5 Å². The lowest BCUT2D eigenvalue weighted by atomic mass is 10.0. The van der Waals surface area contributed by atoms with E-state index in [0.717, 1.165) is 50.0 Å². The maximum absolute atomic E-state index is 13.1. The van der Waals surface area contributed by atoms with Crippen LogP contribution in [0, 0.1) is 0 Å². The first-order chi connectivity index (χ1) is 11.8. The molecule has 1 amide bonds. The molecule has 0 bridgehead atoms. The smallest absolute Gasteiger partial charge is 0.255 e. The Bertz CT molecular complexity index is 676. The Balaban J connectivity index is 0.00000169. The second-order valence-electron chi connectivity index (χ2n) is 6.31. The molecule has 6 heteroatoms. The molecule has 1 fully saturated rings. The van der Waals surface area contributed by atoms with Crippen molar-refractivity contribution in [3.63, 3.8) is 0 Å². The molecule has 0 saturated carbocycles. The minimum atomic E-state index is 0. The number of nitrogens with one attached hydrogen (secondary N) is 1. The highest BCUT2D eigenvalue weighted by molar-refractivity contribution is 5.95. The fourth-order valence-electron chi connectivity index (χ4n) is 3.32. The highest BCUT2D eigenvalue weighted by Crippen LogP contribution is 2.21. The molecule has 142 valence electrons. The third-order valence-corrected chi connectivity index (χ3v) is 4.57. The number of benzene rings is 1. The van der Waals surface area contributed by atoms with Crippen LogP contribution in [0.4, 0.5) is 0 Å². The summed E-state index contributed by atoms with van der Waals surface area (Å²) >= 11 is 0. The Morgan fingerprint density at radius 2 is 1.81 bits per heavy atom. The van der Waals surface area contributed by atoms with Crippen molar-refractivity contribution in [2.75, 3.05) is 19.6 Å². The monoisotopic (exact) mass is 395 g/mol. The molecular formula is C20H27Cl2N3O. The molecule has 0 atom stereocenters. The van der Waals surface area contributed by atoms with Gasteiger partial charge in [0, 0.05) is 30.5 Å². The predicted octanol–water partition coefficient (Wildman–Crippen LogP) is 4.20. The Kier molecular flexibility index (Phi) is 9.63. The van der Waals surface area contributed by atoms with Gasteiger partial charge >= 0.3 is 0 Å². The number of amides is 1. The van der Waals surface area contributed by atoms with Crippen molar-refractivity contribution in [3.8, 4) is 11.1 Å². The molecule has 1 aliphatic heterocycles.